The van der Waals surface area contributed by atoms with E-state index in [0.29, 0.717) is 17.7 Å². The van der Waals surface area contributed by atoms with E-state index in [9.17, 15) is 4.79 Å². The van der Waals surface area contributed by atoms with E-state index in [1.807, 2.05) is 18.2 Å². The Hall–Kier alpha value is -1.31. The topological polar surface area (TPSA) is 20.3 Å². The van der Waals surface area contributed by atoms with Crippen LogP contribution in [0.3, 0.4) is 0 Å². The van der Waals surface area contributed by atoms with Gasteiger partial charge in [-0.15, -0.1) is 0 Å². The highest BCUT2D eigenvalue weighted by Crippen LogP contribution is 2.49. The second kappa shape index (κ2) is 5.99. The summed E-state index contributed by atoms with van der Waals surface area (Å²) in [6.45, 7) is 3.05. The molecule has 3 atom stereocenters. The molecular formula is C18H25NO. The highest BCUT2D eigenvalue weighted by Gasteiger charge is 2.44. The first-order chi connectivity index (χ1) is 9.79. The van der Waals surface area contributed by atoms with Crippen molar-refractivity contribution >= 4 is 11.6 Å². The molecule has 0 heterocycles. The first-order valence-corrected chi connectivity index (χ1v) is 8.16. The van der Waals surface area contributed by atoms with Gasteiger partial charge < -0.3 is 4.90 Å². The van der Waals surface area contributed by atoms with Gasteiger partial charge in [0.2, 0.25) is 5.91 Å². The molecule has 2 saturated carbocycles. The highest BCUT2D eigenvalue weighted by atomic mass is 16.2. The van der Waals surface area contributed by atoms with Gasteiger partial charge in [0.25, 0.3) is 0 Å². The Balaban J connectivity index is 1.76. The quantitative estimate of drug-likeness (QED) is 0.783. The van der Waals surface area contributed by atoms with E-state index < -0.39 is 0 Å². The predicted molar refractivity (Wildman–Crippen MR) is 82.6 cm³/mol. The number of benzene rings is 1. The fraction of sp³-hybridized carbons (Fsp3) is 0.611. The Labute approximate surface area is 122 Å². The van der Waals surface area contributed by atoms with Crippen molar-refractivity contribution in [2.75, 3.05) is 11.4 Å². The van der Waals surface area contributed by atoms with Crippen molar-refractivity contribution in [1.82, 2.24) is 0 Å². The van der Waals surface area contributed by atoms with Crippen molar-refractivity contribution < 1.29 is 4.79 Å². The largest absolute Gasteiger partial charge is 0.312 e. The van der Waals surface area contributed by atoms with Crippen LogP contribution in [-0.4, -0.2) is 12.5 Å². The van der Waals surface area contributed by atoms with Gasteiger partial charge >= 0.3 is 0 Å². The molecule has 1 aromatic rings. The third kappa shape index (κ3) is 2.61. The molecule has 2 aliphatic rings. The summed E-state index contributed by atoms with van der Waals surface area (Å²) in [5.41, 5.74) is 1.08. The van der Waals surface area contributed by atoms with Crippen molar-refractivity contribution in [2.45, 2.75) is 45.4 Å². The number of para-hydroxylation sites is 1. The van der Waals surface area contributed by atoms with Crippen LogP contribution < -0.4 is 4.90 Å². The van der Waals surface area contributed by atoms with Gasteiger partial charge in [0, 0.05) is 18.2 Å². The van der Waals surface area contributed by atoms with Gasteiger partial charge in [-0.1, -0.05) is 38.0 Å². The Kier molecular flexibility index (Phi) is 4.09. The number of hydrogen-bond acceptors (Lipinski definition) is 1. The van der Waals surface area contributed by atoms with Gasteiger partial charge in [0.15, 0.2) is 0 Å². The van der Waals surface area contributed by atoms with Gasteiger partial charge in [-0.3, -0.25) is 4.79 Å². The molecule has 0 aliphatic heterocycles. The van der Waals surface area contributed by atoms with Crippen LogP contribution in [0.15, 0.2) is 30.3 Å². The van der Waals surface area contributed by atoms with E-state index in [0.717, 1.165) is 37.4 Å². The SMILES string of the molecule is CCCCN(C(=O)C1CC2CCC1C2)c1ccccc1. The zero-order chi connectivity index (χ0) is 13.9. The van der Waals surface area contributed by atoms with E-state index in [-0.39, 0.29) is 0 Å². The standard InChI is InChI=1S/C18H25NO/c1-2-3-11-19(16-7-5-4-6-8-16)18(20)17-13-14-9-10-15(17)12-14/h4-8,14-15,17H,2-3,9-13H2,1H3. The molecule has 0 spiro atoms. The Bertz CT molecular complexity index is 456. The lowest BCUT2D eigenvalue weighted by molar-refractivity contribution is -0.123. The Morgan fingerprint density at radius 3 is 2.60 bits per heavy atom. The van der Waals surface area contributed by atoms with Crippen LogP contribution in [0.4, 0.5) is 5.69 Å². The lowest BCUT2D eigenvalue weighted by Crippen LogP contribution is -2.39. The number of rotatable bonds is 5. The summed E-state index contributed by atoms with van der Waals surface area (Å²) >= 11 is 0. The minimum atomic E-state index is 0.297. The fourth-order valence-corrected chi connectivity index (χ4v) is 4.04. The molecule has 0 radical (unpaired) electrons. The van der Waals surface area contributed by atoms with Crippen molar-refractivity contribution in [3.63, 3.8) is 0 Å². The molecule has 1 amide bonds. The molecule has 1 aromatic carbocycles. The molecule has 0 saturated heterocycles. The first kappa shape index (κ1) is 13.7. The van der Waals surface area contributed by atoms with Crippen LogP contribution in [0.25, 0.3) is 0 Å². The number of nitrogens with zero attached hydrogens (tertiary/aromatic N) is 1. The zero-order valence-corrected chi connectivity index (χ0v) is 12.4. The average Bonchev–Trinajstić information content (AvgIpc) is 3.11. The summed E-state index contributed by atoms with van der Waals surface area (Å²) in [5.74, 6) is 2.18. The number of carbonyl (C=O) groups is 1. The molecule has 2 aliphatic carbocycles. The molecule has 0 N–H and O–H groups in total. The van der Waals surface area contributed by atoms with Crippen LogP contribution in [-0.2, 0) is 4.79 Å². The van der Waals surface area contributed by atoms with E-state index in [2.05, 4.69) is 24.0 Å². The van der Waals surface area contributed by atoms with E-state index in [4.69, 9.17) is 0 Å². The minimum absolute atomic E-state index is 0.297. The summed E-state index contributed by atoms with van der Waals surface area (Å²) in [7, 11) is 0. The molecule has 20 heavy (non-hydrogen) atoms. The van der Waals surface area contributed by atoms with E-state index >= 15 is 0 Å². The number of hydrogen-bond donors (Lipinski definition) is 0. The monoisotopic (exact) mass is 271 g/mol. The van der Waals surface area contributed by atoms with Gasteiger partial charge in [-0.05, 0) is 49.7 Å². The maximum absolute atomic E-state index is 13.0. The number of amides is 1. The van der Waals surface area contributed by atoms with Crippen molar-refractivity contribution in [1.29, 1.82) is 0 Å². The molecule has 3 rings (SSSR count). The van der Waals surface area contributed by atoms with Crippen molar-refractivity contribution in [3.8, 4) is 0 Å². The van der Waals surface area contributed by atoms with Crippen LogP contribution in [0, 0.1) is 17.8 Å². The molecule has 3 unspecified atom stereocenters. The molecular weight excluding hydrogens is 246 g/mol. The van der Waals surface area contributed by atoms with Crippen molar-refractivity contribution in [3.05, 3.63) is 30.3 Å². The molecule has 108 valence electrons. The van der Waals surface area contributed by atoms with Gasteiger partial charge in [-0.25, -0.2) is 0 Å². The smallest absolute Gasteiger partial charge is 0.230 e. The van der Waals surface area contributed by atoms with Crippen LogP contribution >= 0.6 is 0 Å². The normalized spacial score (nSPS) is 27.8. The highest BCUT2D eigenvalue weighted by molar-refractivity contribution is 5.95. The third-order valence-corrected chi connectivity index (χ3v) is 5.12. The molecule has 2 nitrogen and oxygen atoms in total. The summed E-state index contributed by atoms with van der Waals surface area (Å²) in [4.78, 5) is 15.0. The summed E-state index contributed by atoms with van der Waals surface area (Å²) in [6.07, 6.45) is 7.28. The first-order valence-electron chi connectivity index (χ1n) is 8.16. The van der Waals surface area contributed by atoms with Gasteiger partial charge in [0.1, 0.15) is 0 Å². The lowest BCUT2D eigenvalue weighted by atomic mass is 9.87. The summed E-state index contributed by atoms with van der Waals surface area (Å²) < 4.78 is 0. The molecule has 2 heteroatoms. The maximum atomic E-state index is 13.0. The summed E-state index contributed by atoms with van der Waals surface area (Å²) in [6, 6.07) is 10.2. The van der Waals surface area contributed by atoms with Gasteiger partial charge in [0.05, 0.1) is 0 Å². The maximum Gasteiger partial charge on any atom is 0.230 e. The predicted octanol–water partition coefficient (Wildman–Crippen LogP) is 4.26. The van der Waals surface area contributed by atoms with Crippen LogP contribution in [0.2, 0.25) is 0 Å². The average molecular weight is 271 g/mol. The minimum Gasteiger partial charge on any atom is -0.312 e. The second-order valence-corrected chi connectivity index (χ2v) is 6.46. The zero-order valence-electron chi connectivity index (χ0n) is 12.4. The third-order valence-electron chi connectivity index (χ3n) is 5.12. The second-order valence-electron chi connectivity index (χ2n) is 6.46. The number of anilines is 1. The molecule has 2 fully saturated rings. The number of unbranched alkanes of at least 4 members (excludes halogenated alkanes) is 1. The van der Waals surface area contributed by atoms with Crippen molar-refractivity contribution in [2.24, 2.45) is 17.8 Å². The number of fused-ring (bicyclic) bond motifs is 2. The summed E-state index contributed by atoms with van der Waals surface area (Å²) in [5, 5.41) is 0. The lowest BCUT2D eigenvalue weighted by Gasteiger charge is -2.29. The fourth-order valence-electron chi connectivity index (χ4n) is 4.04. The van der Waals surface area contributed by atoms with E-state index in [1.165, 1.54) is 19.3 Å². The van der Waals surface area contributed by atoms with E-state index in [1.54, 1.807) is 0 Å². The Morgan fingerprint density at radius 1 is 1.20 bits per heavy atom. The Morgan fingerprint density at radius 2 is 2.00 bits per heavy atom. The van der Waals surface area contributed by atoms with Gasteiger partial charge in [-0.2, -0.15) is 0 Å². The number of carbonyl (C=O) groups excluding carboxylic acids is 1. The molecule has 0 aromatic heterocycles. The molecule has 2 bridgehead atoms. The van der Waals surface area contributed by atoms with Crippen LogP contribution in [0.5, 0.6) is 0 Å². The van der Waals surface area contributed by atoms with Crippen LogP contribution in [0.1, 0.15) is 45.4 Å².